The zero-order chi connectivity index (χ0) is 20.0. The fourth-order valence-electron chi connectivity index (χ4n) is 3.36. The predicted molar refractivity (Wildman–Crippen MR) is 101 cm³/mol. The molecule has 2 aromatic carbocycles. The van der Waals surface area contributed by atoms with Gasteiger partial charge in [0, 0.05) is 23.6 Å². The SMILES string of the molecule is CC(=O)c1ccc2c(c1)C(=C(O)c1ccc3c(c1)OCCO3)C(=O)N2C(C)=O. The number of aliphatic hydroxyl groups is 1. The maximum atomic E-state index is 12.9. The van der Waals surface area contributed by atoms with Gasteiger partial charge < -0.3 is 14.6 Å². The highest BCUT2D eigenvalue weighted by atomic mass is 16.6. The van der Waals surface area contributed by atoms with Crippen molar-refractivity contribution in [1.29, 1.82) is 0 Å². The van der Waals surface area contributed by atoms with Crippen LogP contribution < -0.4 is 14.4 Å². The van der Waals surface area contributed by atoms with Gasteiger partial charge in [-0.3, -0.25) is 14.4 Å². The summed E-state index contributed by atoms with van der Waals surface area (Å²) in [6.07, 6.45) is 0. The number of hydrogen-bond donors (Lipinski definition) is 1. The number of hydrogen-bond acceptors (Lipinski definition) is 6. The summed E-state index contributed by atoms with van der Waals surface area (Å²) in [7, 11) is 0. The maximum absolute atomic E-state index is 12.9. The molecule has 0 saturated heterocycles. The number of benzene rings is 2. The first-order chi connectivity index (χ1) is 13.4. The average Bonchev–Trinajstić information content (AvgIpc) is 2.98. The number of Topliss-reactive ketones (excluding diaryl/α,β-unsaturated/α-hetero) is 1. The molecule has 2 aliphatic rings. The number of fused-ring (bicyclic) bond motifs is 2. The number of aliphatic hydroxyl groups excluding tert-OH is 1. The molecule has 0 bridgehead atoms. The van der Waals surface area contributed by atoms with Crippen LogP contribution in [0.3, 0.4) is 0 Å². The van der Waals surface area contributed by atoms with Crippen molar-refractivity contribution in [3.63, 3.8) is 0 Å². The molecule has 0 aliphatic carbocycles. The Morgan fingerprint density at radius 2 is 1.64 bits per heavy atom. The molecule has 7 heteroatoms. The van der Waals surface area contributed by atoms with E-state index in [2.05, 4.69) is 0 Å². The number of anilines is 1. The van der Waals surface area contributed by atoms with Crippen LogP contribution in [0.15, 0.2) is 36.4 Å². The van der Waals surface area contributed by atoms with Gasteiger partial charge in [-0.05, 0) is 43.3 Å². The minimum absolute atomic E-state index is 0.0371. The Kier molecular flexibility index (Phi) is 4.15. The standard InChI is InChI=1S/C21H17NO6/c1-11(23)13-3-5-16-15(9-13)19(21(26)22(16)12(2)24)20(25)14-4-6-17-18(10-14)28-8-7-27-17/h3-6,9-10,25H,7-8H2,1-2H3. The summed E-state index contributed by atoms with van der Waals surface area (Å²) in [5, 5.41) is 10.9. The van der Waals surface area contributed by atoms with Crippen LogP contribution in [0.5, 0.6) is 11.5 Å². The van der Waals surface area contributed by atoms with Crippen LogP contribution in [0.1, 0.15) is 35.3 Å². The summed E-state index contributed by atoms with van der Waals surface area (Å²) in [6.45, 7) is 3.50. The van der Waals surface area contributed by atoms with Crippen LogP contribution in [-0.4, -0.2) is 35.9 Å². The Morgan fingerprint density at radius 3 is 2.32 bits per heavy atom. The van der Waals surface area contributed by atoms with Crippen molar-refractivity contribution in [3.8, 4) is 11.5 Å². The van der Waals surface area contributed by atoms with E-state index in [1.54, 1.807) is 24.3 Å². The Morgan fingerprint density at radius 1 is 0.964 bits per heavy atom. The summed E-state index contributed by atoms with van der Waals surface area (Å²) >= 11 is 0. The van der Waals surface area contributed by atoms with Gasteiger partial charge in [0.15, 0.2) is 17.3 Å². The molecule has 142 valence electrons. The van der Waals surface area contributed by atoms with Gasteiger partial charge in [0.1, 0.15) is 19.0 Å². The highest BCUT2D eigenvalue weighted by molar-refractivity contribution is 6.42. The molecule has 2 amide bonds. The first kappa shape index (κ1) is 17.8. The maximum Gasteiger partial charge on any atom is 0.269 e. The Bertz CT molecular complexity index is 1070. The lowest BCUT2D eigenvalue weighted by molar-refractivity contribution is -0.122. The summed E-state index contributed by atoms with van der Waals surface area (Å²) in [4.78, 5) is 37.7. The van der Waals surface area contributed by atoms with E-state index in [1.165, 1.54) is 26.0 Å². The van der Waals surface area contributed by atoms with Crippen molar-refractivity contribution in [3.05, 3.63) is 53.1 Å². The quantitative estimate of drug-likeness (QED) is 0.490. The first-order valence-corrected chi connectivity index (χ1v) is 8.72. The van der Waals surface area contributed by atoms with Gasteiger partial charge in [-0.1, -0.05) is 0 Å². The van der Waals surface area contributed by atoms with E-state index in [9.17, 15) is 19.5 Å². The molecule has 0 fully saturated rings. The smallest absolute Gasteiger partial charge is 0.269 e. The topological polar surface area (TPSA) is 93.1 Å². The largest absolute Gasteiger partial charge is 0.506 e. The number of imide groups is 1. The van der Waals surface area contributed by atoms with Gasteiger partial charge in [0.25, 0.3) is 5.91 Å². The Labute approximate surface area is 160 Å². The van der Waals surface area contributed by atoms with Gasteiger partial charge in [0.2, 0.25) is 5.91 Å². The van der Waals surface area contributed by atoms with E-state index in [4.69, 9.17) is 9.47 Å². The Hall–Kier alpha value is -3.61. The highest BCUT2D eigenvalue weighted by Crippen LogP contribution is 2.42. The number of ketones is 1. The molecular weight excluding hydrogens is 362 g/mol. The van der Waals surface area contributed by atoms with Crippen molar-refractivity contribution in [2.45, 2.75) is 13.8 Å². The van der Waals surface area contributed by atoms with Crippen LogP contribution >= 0.6 is 0 Å². The minimum atomic E-state index is -0.643. The zero-order valence-corrected chi connectivity index (χ0v) is 15.3. The van der Waals surface area contributed by atoms with E-state index in [1.807, 2.05) is 0 Å². The fraction of sp³-hybridized carbons (Fsp3) is 0.190. The molecule has 2 heterocycles. The van der Waals surface area contributed by atoms with E-state index >= 15 is 0 Å². The molecule has 0 unspecified atom stereocenters. The lowest BCUT2D eigenvalue weighted by Gasteiger charge is -2.19. The molecule has 0 atom stereocenters. The van der Waals surface area contributed by atoms with E-state index in [-0.39, 0.29) is 17.1 Å². The van der Waals surface area contributed by atoms with Gasteiger partial charge in [-0.2, -0.15) is 0 Å². The highest BCUT2D eigenvalue weighted by Gasteiger charge is 2.38. The predicted octanol–water partition coefficient (Wildman–Crippen LogP) is 2.98. The third-order valence-electron chi connectivity index (χ3n) is 4.70. The van der Waals surface area contributed by atoms with Gasteiger partial charge in [0.05, 0.1) is 11.3 Å². The summed E-state index contributed by atoms with van der Waals surface area (Å²) in [5.41, 5.74) is 1.36. The van der Waals surface area contributed by atoms with Crippen LogP contribution in [0.2, 0.25) is 0 Å². The molecular formula is C21H17NO6. The number of rotatable bonds is 2. The number of carbonyl (C=O) groups is 3. The molecule has 0 aromatic heterocycles. The van der Waals surface area contributed by atoms with Gasteiger partial charge >= 0.3 is 0 Å². The second kappa shape index (κ2) is 6.53. The second-order valence-electron chi connectivity index (χ2n) is 6.53. The summed E-state index contributed by atoms with van der Waals surface area (Å²) in [6, 6.07) is 9.44. The lowest BCUT2D eigenvalue weighted by Crippen LogP contribution is -2.31. The van der Waals surface area contributed by atoms with Crippen molar-refractivity contribution < 1.29 is 29.0 Å². The summed E-state index contributed by atoms with van der Waals surface area (Å²) < 4.78 is 11.0. The van der Waals surface area contributed by atoms with Crippen LogP contribution in [0.4, 0.5) is 5.69 Å². The number of ether oxygens (including phenoxy) is 2. The molecule has 2 aliphatic heterocycles. The monoisotopic (exact) mass is 379 g/mol. The Balaban J connectivity index is 1.91. The van der Waals surface area contributed by atoms with Crippen molar-refractivity contribution >= 4 is 34.6 Å². The fourth-order valence-corrected chi connectivity index (χ4v) is 3.36. The van der Waals surface area contributed by atoms with Crippen molar-refractivity contribution in [2.75, 3.05) is 18.1 Å². The molecule has 0 radical (unpaired) electrons. The first-order valence-electron chi connectivity index (χ1n) is 8.72. The van der Waals surface area contributed by atoms with E-state index in [0.717, 1.165) is 4.90 Å². The minimum Gasteiger partial charge on any atom is -0.506 e. The zero-order valence-electron chi connectivity index (χ0n) is 15.3. The normalized spacial score (nSPS) is 16.6. The molecule has 2 aromatic rings. The third kappa shape index (κ3) is 2.72. The molecule has 0 saturated carbocycles. The van der Waals surface area contributed by atoms with Gasteiger partial charge in [-0.15, -0.1) is 0 Å². The molecule has 1 N–H and O–H groups in total. The average molecular weight is 379 g/mol. The summed E-state index contributed by atoms with van der Waals surface area (Å²) in [5.74, 6) is -0.595. The molecule has 4 rings (SSSR count). The molecule has 0 spiro atoms. The number of nitrogens with zero attached hydrogens (tertiary/aromatic N) is 1. The molecule has 28 heavy (non-hydrogen) atoms. The van der Waals surface area contributed by atoms with Crippen LogP contribution in [0.25, 0.3) is 11.3 Å². The van der Waals surface area contributed by atoms with E-state index < -0.39 is 11.8 Å². The third-order valence-corrected chi connectivity index (χ3v) is 4.70. The van der Waals surface area contributed by atoms with Crippen LogP contribution in [-0.2, 0) is 9.59 Å². The second-order valence-corrected chi connectivity index (χ2v) is 6.53. The van der Waals surface area contributed by atoms with Crippen molar-refractivity contribution in [2.24, 2.45) is 0 Å². The number of carbonyl (C=O) groups excluding carboxylic acids is 3. The van der Waals surface area contributed by atoms with Crippen molar-refractivity contribution in [1.82, 2.24) is 0 Å². The molecule has 7 nitrogen and oxygen atoms in total. The van der Waals surface area contributed by atoms with Crippen LogP contribution in [0, 0.1) is 0 Å². The number of amides is 2. The van der Waals surface area contributed by atoms with E-state index in [0.29, 0.717) is 47.1 Å². The van der Waals surface area contributed by atoms with Gasteiger partial charge in [-0.25, -0.2) is 4.90 Å². The lowest BCUT2D eigenvalue weighted by atomic mass is 9.99.